The average Bonchev–Trinajstić information content (AvgIpc) is 2.36. The molecule has 2 amide bonds. The molecule has 1 rings (SSSR count). The van der Waals surface area contributed by atoms with E-state index in [1.807, 2.05) is 0 Å². The summed E-state index contributed by atoms with van der Waals surface area (Å²) < 4.78 is 0. The zero-order chi connectivity index (χ0) is 13.4. The van der Waals surface area contributed by atoms with Crippen LogP contribution in [0.25, 0.3) is 0 Å². The third-order valence-corrected chi connectivity index (χ3v) is 3.19. The highest BCUT2D eigenvalue weighted by atomic mass is 16.3. The van der Waals surface area contributed by atoms with Crippen LogP contribution in [0.2, 0.25) is 0 Å². The molecule has 0 radical (unpaired) electrons. The number of nitrogens with zero attached hydrogens (tertiary/aromatic N) is 1. The van der Waals surface area contributed by atoms with Gasteiger partial charge in [-0.3, -0.25) is 0 Å². The van der Waals surface area contributed by atoms with Gasteiger partial charge in [0.15, 0.2) is 0 Å². The summed E-state index contributed by atoms with van der Waals surface area (Å²) in [5.41, 5.74) is 0. The second kappa shape index (κ2) is 7.96. The van der Waals surface area contributed by atoms with Gasteiger partial charge in [-0.25, -0.2) is 4.79 Å². The molecule has 1 aliphatic heterocycles. The Balaban J connectivity index is 2.12. The maximum atomic E-state index is 11.2. The van der Waals surface area contributed by atoms with Crippen molar-refractivity contribution in [3.05, 3.63) is 0 Å². The molecule has 5 heteroatoms. The smallest absolute Gasteiger partial charge is 0.315 e. The fraction of sp³-hybridized carbons (Fsp3) is 0.769. The molecular weight excluding hydrogens is 230 g/mol. The van der Waals surface area contributed by atoms with Crippen molar-refractivity contribution in [3.63, 3.8) is 0 Å². The number of carbonyl (C=O) groups is 1. The molecule has 0 saturated carbocycles. The summed E-state index contributed by atoms with van der Waals surface area (Å²) in [5, 5.41) is 14.9. The summed E-state index contributed by atoms with van der Waals surface area (Å²) in [5.74, 6) is 3.10. The average molecular weight is 253 g/mol. The fourth-order valence-electron chi connectivity index (χ4n) is 2.01. The van der Waals surface area contributed by atoms with E-state index in [9.17, 15) is 9.90 Å². The maximum Gasteiger partial charge on any atom is 0.315 e. The van der Waals surface area contributed by atoms with E-state index in [1.54, 1.807) is 0 Å². The minimum Gasteiger partial charge on any atom is -0.390 e. The first-order chi connectivity index (χ1) is 8.61. The number of amides is 2. The maximum absolute atomic E-state index is 11.2. The summed E-state index contributed by atoms with van der Waals surface area (Å²) in [6.45, 7) is 5.38. The summed E-state index contributed by atoms with van der Waals surface area (Å²) >= 11 is 0. The lowest BCUT2D eigenvalue weighted by atomic mass is 9.99. The molecular formula is C13H23N3O2. The molecule has 1 unspecified atom stereocenters. The number of urea groups is 1. The van der Waals surface area contributed by atoms with Gasteiger partial charge in [0.05, 0.1) is 12.6 Å². The Kier molecular flexibility index (Phi) is 6.55. The number of aliphatic hydroxyl groups excluding tert-OH is 1. The Morgan fingerprint density at radius 2 is 2.17 bits per heavy atom. The Morgan fingerprint density at radius 1 is 1.50 bits per heavy atom. The molecule has 18 heavy (non-hydrogen) atoms. The number of piperidine rings is 1. The highest BCUT2D eigenvalue weighted by molar-refractivity contribution is 5.74. The zero-order valence-corrected chi connectivity index (χ0v) is 11.0. The van der Waals surface area contributed by atoms with E-state index in [-0.39, 0.29) is 19.1 Å². The lowest BCUT2D eigenvalue weighted by molar-refractivity contribution is 0.0920. The molecule has 1 heterocycles. The van der Waals surface area contributed by atoms with E-state index < -0.39 is 6.10 Å². The lowest BCUT2D eigenvalue weighted by Gasteiger charge is -2.31. The number of hydrogen-bond acceptors (Lipinski definition) is 3. The lowest BCUT2D eigenvalue weighted by Crippen LogP contribution is -2.45. The number of aliphatic hydroxyl groups is 1. The number of likely N-dealkylation sites (tertiary alicyclic amines) is 1. The van der Waals surface area contributed by atoms with Crippen molar-refractivity contribution in [2.24, 2.45) is 5.92 Å². The van der Waals surface area contributed by atoms with Gasteiger partial charge in [-0.2, -0.15) is 0 Å². The first-order valence-corrected chi connectivity index (χ1v) is 6.47. The van der Waals surface area contributed by atoms with Crippen LogP contribution in [0.3, 0.4) is 0 Å². The van der Waals surface area contributed by atoms with E-state index in [0.29, 0.717) is 6.54 Å². The van der Waals surface area contributed by atoms with Crippen LogP contribution < -0.4 is 10.6 Å². The van der Waals surface area contributed by atoms with Crippen molar-refractivity contribution in [1.82, 2.24) is 15.5 Å². The topological polar surface area (TPSA) is 64.6 Å². The number of terminal acetylenes is 1. The van der Waals surface area contributed by atoms with Gasteiger partial charge in [-0.1, -0.05) is 12.8 Å². The molecule has 1 fully saturated rings. The second-order valence-corrected chi connectivity index (χ2v) is 4.90. The van der Waals surface area contributed by atoms with E-state index in [4.69, 9.17) is 6.42 Å². The van der Waals surface area contributed by atoms with Gasteiger partial charge in [-0.15, -0.1) is 6.42 Å². The summed E-state index contributed by atoms with van der Waals surface area (Å²) in [4.78, 5) is 13.4. The molecule has 0 aliphatic carbocycles. The van der Waals surface area contributed by atoms with Crippen LogP contribution in [0, 0.1) is 18.3 Å². The Bertz CT molecular complexity index is 293. The number of carbonyl (C=O) groups excluding carboxylic acids is 1. The molecule has 0 bridgehead atoms. The summed E-state index contributed by atoms with van der Waals surface area (Å²) in [6.07, 6.45) is 6.85. The van der Waals surface area contributed by atoms with Crippen molar-refractivity contribution in [2.45, 2.75) is 25.9 Å². The highest BCUT2D eigenvalue weighted by Gasteiger charge is 2.18. The molecule has 0 aromatic rings. The van der Waals surface area contributed by atoms with Gasteiger partial charge >= 0.3 is 6.03 Å². The monoisotopic (exact) mass is 253 g/mol. The SMILES string of the molecule is C#CCNC(=O)NCC(O)CN1CCC(C)CC1. The standard InChI is InChI=1S/C13H23N3O2/c1-3-6-14-13(18)15-9-12(17)10-16-7-4-11(2)5-8-16/h1,11-12,17H,4-10H2,2H3,(H2,14,15,18). The molecule has 102 valence electrons. The van der Waals surface area contributed by atoms with Gasteiger partial charge < -0.3 is 20.6 Å². The van der Waals surface area contributed by atoms with Crippen LogP contribution in [-0.4, -0.2) is 54.9 Å². The van der Waals surface area contributed by atoms with Gasteiger partial charge in [-0.05, 0) is 31.8 Å². The predicted molar refractivity (Wildman–Crippen MR) is 71.1 cm³/mol. The van der Waals surface area contributed by atoms with Crippen molar-refractivity contribution in [3.8, 4) is 12.3 Å². The Labute approximate surface area is 109 Å². The van der Waals surface area contributed by atoms with Crippen LogP contribution in [0.15, 0.2) is 0 Å². The van der Waals surface area contributed by atoms with Gasteiger partial charge in [0.1, 0.15) is 0 Å². The highest BCUT2D eigenvalue weighted by Crippen LogP contribution is 2.15. The van der Waals surface area contributed by atoms with Crippen molar-refractivity contribution >= 4 is 6.03 Å². The Hall–Kier alpha value is -1.25. The summed E-state index contributed by atoms with van der Waals surface area (Å²) in [7, 11) is 0. The molecule has 0 spiro atoms. The minimum atomic E-state index is -0.532. The van der Waals surface area contributed by atoms with Gasteiger partial charge in [0, 0.05) is 13.1 Å². The molecule has 0 aromatic heterocycles. The van der Waals surface area contributed by atoms with E-state index in [1.165, 1.54) is 12.8 Å². The minimum absolute atomic E-state index is 0.200. The third kappa shape index (κ3) is 5.89. The molecule has 1 aliphatic rings. The molecule has 1 saturated heterocycles. The van der Waals surface area contributed by atoms with Gasteiger partial charge in [0.25, 0.3) is 0 Å². The van der Waals surface area contributed by atoms with E-state index in [0.717, 1.165) is 19.0 Å². The van der Waals surface area contributed by atoms with Crippen LogP contribution in [0.1, 0.15) is 19.8 Å². The van der Waals surface area contributed by atoms with Crippen LogP contribution in [0.5, 0.6) is 0 Å². The van der Waals surface area contributed by atoms with Crippen molar-refractivity contribution < 1.29 is 9.90 Å². The number of β-amino-alcohol motifs (C(OH)–C–C–N with tert-alkyl or cyclic N) is 1. The predicted octanol–water partition coefficient (Wildman–Crippen LogP) is 0.0116. The first-order valence-electron chi connectivity index (χ1n) is 6.47. The van der Waals surface area contributed by atoms with E-state index in [2.05, 4.69) is 28.4 Å². The quantitative estimate of drug-likeness (QED) is 0.605. The van der Waals surface area contributed by atoms with Gasteiger partial charge in [0.2, 0.25) is 0 Å². The second-order valence-electron chi connectivity index (χ2n) is 4.90. The van der Waals surface area contributed by atoms with Crippen molar-refractivity contribution in [2.75, 3.05) is 32.7 Å². The largest absolute Gasteiger partial charge is 0.390 e. The summed E-state index contributed by atoms with van der Waals surface area (Å²) in [6, 6.07) is -0.334. The normalized spacial score (nSPS) is 18.9. The third-order valence-electron chi connectivity index (χ3n) is 3.19. The molecule has 5 nitrogen and oxygen atoms in total. The molecule has 0 aromatic carbocycles. The fourth-order valence-corrected chi connectivity index (χ4v) is 2.01. The molecule has 1 atom stereocenters. The van der Waals surface area contributed by atoms with Crippen LogP contribution in [-0.2, 0) is 0 Å². The molecule has 3 N–H and O–H groups in total. The van der Waals surface area contributed by atoms with Crippen LogP contribution in [0.4, 0.5) is 4.79 Å². The van der Waals surface area contributed by atoms with Crippen LogP contribution >= 0.6 is 0 Å². The first kappa shape index (κ1) is 14.8. The number of rotatable bonds is 5. The Morgan fingerprint density at radius 3 is 2.78 bits per heavy atom. The van der Waals surface area contributed by atoms with Crippen molar-refractivity contribution in [1.29, 1.82) is 0 Å². The zero-order valence-electron chi connectivity index (χ0n) is 11.0. The van der Waals surface area contributed by atoms with E-state index >= 15 is 0 Å². The number of nitrogens with one attached hydrogen (secondary N) is 2. The number of hydrogen-bond donors (Lipinski definition) is 3.